The Balaban J connectivity index is 2.65. The van der Waals surface area contributed by atoms with E-state index in [1.165, 1.54) is 7.11 Å². The highest BCUT2D eigenvalue weighted by molar-refractivity contribution is 7.71. The molecular formula is C8H13N3O2S. The molecule has 0 fully saturated rings. The highest BCUT2D eigenvalue weighted by Crippen LogP contribution is 2.00. The van der Waals surface area contributed by atoms with E-state index in [9.17, 15) is 4.79 Å². The number of likely N-dealkylation sites (N-methyl/N-ethyl adjacent to an activating group) is 1. The van der Waals surface area contributed by atoms with Crippen LogP contribution >= 0.6 is 12.2 Å². The SMILES string of the molecule is CN[C@@H](Cc1c[nH]c(=S)[nH]1)C(=O)OC. The van der Waals surface area contributed by atoms with Gasteiger partial charge in [-0.3, -0.25) is 4.79 Å². The fourth-order valence-corrected chi connectivity index (χ4v) is 1.34. The second-order valence-corrected chi connectivity index (χ2v) is 3.24. The Labute approximate surface area is 86.9 Å². The smallest absolute Gasteiger partial charge is 0.323 e. The van der Waals surface area contributed by atoms with Gasteiger partial charge < -0.3 is 20.0 Å². The van der Waals surface area contributed by atoms with Gasteiger partial charge in [0.25, 0.3) is 0 Å². The van der Waals surface area contributed by atoms with Crippen molar-refractivity contribution < 1.29 is 9.53 Å². The van der Waals surface area contributed by atoms with E-state index in [2.05, 4.69) is 20.0 Å². The van der Waals surface area contributed by atoms with E-state index >= 15 is 0 Å². The van der Waals surface area contributed by atoms with Gasteiger partial charge in [0.15, 0.2) is 4.77 Å². The molecule has 0 saturated heterocycles. The van der Waals surface area contributed by atoms with Crippen LogP contribution in [0.3, 0.4) is 0 Å². The second-order valence-electron chi connectivity index (χ2n) is 2.84. The lowest BCUT2D eigenvalue weighted by Crippen LogP contribution is -2.36. The van der Waals surface area contributed by atoms with Crippen LogP contribution in [0, 0.1) is 4.77 Å². The predicted molar refractivity (Wildman–Crippen MR) is 54.5 cm³/mol. The normalized spacial score (nSPS) is 12.4. The van der Waals surface area contributed by atoms with Crippen molar-refractivity contribution in [2.45, 2.75) is 12.5 Å². The number of imidazole rings is 1. The first-order chi connectivity index (χ1) is 6.67. The Morgan fingerprint density at radius 2 is 2.50 bits per heavy atom. The van der Waals surface area contributed by atoms with Gasteiger partial charge in [-0.2, -0.15) is 0 Å². The molecule has 1 atom stereocenters. The van der Waals surface area contributed by atoms with E-state index in [1.54, 1.807) is 13.2 Å². The Morgan fingerprint density at radius 1 is 1.79 bits per heavy atom. The third-order valence-corrected chi connectivity index (χ3v) is 2.13. The van der Waals surface area contributed by atoms with Crippen molar-refractivity contribution >= 4 is 18.2 Å². The van der Waals surface area contributed by atoms with Gasteiger partial charge in [0.1, 0.15) is 6.04 Å². The minimum atomic E-state index is -0.346. The summed E-state index contributed by atoms with van der Waals surface area (Å²) in [5.74, 6) is -0.284. The molecule has 78 valence electrons. The maximum atomic E-state index is 11.2. The number of hydrogen-bond acceptors (Lipinski definition) is 4. The zero-order valence-corrected chi connectivity index (χ0v) is 8.90. The van der Waals surface area contributed by atoms with Crippen molar-refractivity contribution in [3.63, 3.8) is 0 Å². The number of ether oxygens (including phenoxy) is 1. The molecule has 6 heteroatoms. The number of rotatable bonds is 4. The molecule has 1 heterocycles. The number of nitrogens with one attached hydrogen (secondary N) is 3. The molecular weight excluding hydrogens is 202 g/mol. The lowest BCUT2D eigenvalue weighted by Gasteiger charge is -2.11. The summed E-state index contributed by atoms with van der Waals surface area (Å²) in [5.41, 5.74) is 0.875. The maximum Gasteiger partial charge on any atom is 0.323 e. The molecule has 0 bridgehead atoms. The summed E-state index contributed by atoms with van der Waals surface area (Å²) in [6.45, 7) is 0. The van der Waals surface area contributed by atoms with E-state index in [1.807, 2.05) is 0 Å². The van der Waals surface area contributed by atoms with Crippen molar-refractivity contribution in [2.75, 3.05) is 14.2 Å². The van der Waals surface area contributed by atoms with Crippen LogP contribution in [-0.4, -0.2) is 36.1 Å². The van der Waals surface area contributed by atoms with E-state index in [-0.39, 0.29) is 12.0 Å². The summed E-state index contributed by atoms with van der Waals surface area (Å²) >= 11 is 4.87. The first-order valence-corrected chi connectivity index (χ1v) is 4.60. The minimum Gasteiger partial charge on any atom is -0.468 e. The largest absolute Gasteiger partial charge is 0.468 e. The summed E-state index contributed by atoms with van der Waals surface area (Å²) in [6, 6.07) is -0.346. The van der Waals surface area contributed by atoms with Gasteiger partial charge in [-0.25, -0.2) is 0 Å². The van der Waals surface area contributed by atoms with Gasteiger partial charge in [0.2, 0.25) is 0 Å². The molecule has 0 unspecified atom stereocenters. The number of aromatic nitrogens is 2. The number of carbonyl (C=O) groups is 1. The molecule has 0 aliphatic carbocycles. The van der Waals surface area contributed by atoms with E-state index in [0.717, 1.165) is 5.69 Å². The zero-order chi connectivity index (χ0) is 10.6. The molecule has 0 aliphatic heterocycles. The number of carbonyl (C=O) groups excluding carboxylic acids is 1. The molecule has 14 heavy (non-hydrogen) atoms. The van der Waals surface area contributed by atoms with Gasteiger partial charge in [-0.1, -0.05) is 0 Å². The van der Waals surface area contributed by atoms with Gasteiger partial charge in [0, 0.05) is 18.3 Å². The van der Waals surface area contributed by atoms with Crippen LogP contribution in [0.1, 0.15) is 5.69 Å². The molecule has 0 saturated carbocycles. The molecule has 1 aromatic rings. The average molecular weight is 215 g/mol. The number of hydrogen-bond donors (Lipinski definition) is 3. The summed E-state index contributed by atoms with van der Waals surface area (Å²) in [4.78, 5) is 17.0. The van der Waals surface area contributed by atoms with Crippen LogP contribution < -0.4 is 5.32 Å². The molecule has 0 amide bonds. The van der Waals surface area contributed by atoms with Crippen molar-refractivity contribution in [1.29, 1.82) is 0 Å². The minimum absolute atomic E-state index is 0.284. The fourth-order valence-electron chi connectivity index (χ4n) is 1.15. The van der Waals surface area contributed by atoms with Crippen LogP contribution in [0.25, 0.3) is 0 Å². The molecule has 0 radical (unpaired) electrons. The average Bonchev–Trinajstić information content (AvgIpc) is 2.59. The Hall–Kier alpha value is -1.14. The first-order valence-electron chi connectivity index (χ1n) is 4.19. The van der Waals surface area contributed by atoms with Gasteiger partial charge in [0.05, 0.1) is 7.11 Å². The molecule has 0 aliphatic rings. The predicted octanol–water partition coefficient (Wildman–Crippen LogP) is 0.376. The van der Waals surface area contributed by atoms with E-state index < -0.39 is 0 Å². The first kappa shape index (κ1) is 10.9. The van der Waals surface area contributed by atoms with Crippen molar-refractivity contribution in [3.05, 3.63) is 16.7 Å². The second kappa shape index (κ2) is 4.92. The highest BCUT2D eigenvalue weighted by Gasteiger charge is 2.17. The van der Waals surface area contributed by atoms with Gasteiger partial charge in [-0.15, -0.1) is 0 Å². The molecule has 5 nitrogen and oxygen atoms in total. The van der Waals surface area contributed by atoms with E-state index in [4.69, 9.17) is 12.2 Å². The number of H-pyrrole nitrogens is 2. The summed E-state index contributed by atoms with van der Waals surface area (Å²) in [6.07, 6.45) is 2.27. The molecule has 0 aromatic carbocycles. The molecule has 1 aromatic heterocycles. The summed E-state index contributed by atoms with van der Waals surface area (Å²) in [7, 11) is 3.08. The lowest BCUT2D eigenvalue weighted by atomic mass is 10.2. The van der Waals surface area contributed by atoms with Crippen LogP contribution in [0.4, 0.5) is 0 Å². The summed E-state index contributed by atoms with van der Waals surface area (Å²) < 4.78 is 5.19. The van der Waals surface area contributed by atoms with Crippen LogP contribution in [0.15, 0.2) is 6.20 Å². The molecule has 0 spiro atoms. The van der Waals surface area contributed by atoms with Crippen LogP contribution in [-0.2, 0) is 16.0 Å². The monoisotopic (exact) mass is 215 g/mol. The number of esters is 1. The Morgan fingerprint density at radius 3 is 2.93 bits per heavy atom. The van der Waals surface area contributed by atoms with Crippen LogP contribution in [0.2, 0.25) is 0 Å². The fraction of sp³-hybridized carbons (Fsp3) is 0.500. The van der Waals surface area contributed by atoms with E-state index in [0.29, 0.717) is 11.2 Å². The number of methoxy groups -OCH3 is 1. The third-order valence-electron chi connectivity index (χ3n) is 1.91. The molecule has 1 rings (SSSR count). The quantitative estimate of drug-likeness (QED) is 0.501. The standard InChI is InChI=1S/C8H13N3O2S/c1-9-6(7(12)13-2)3-5-4-10-8(14)11-5/h4,6,9H,3H2,1-2H3,(H2,10,11,14)/t6-/m0/s1. The maximum absolute atomic E-state index is 11.2. The number of aromatic amines is 2. The summed E-state index contributed by atoms with van der Waals surface area (Å²) in [5, 5.41) is 2.87. The zero-order valence-electron chi connectivity index (χ0n) is 8.09. The lowest BCUT2D eigenvalue weighted by molar-refractivity contribution is -0.142. The van der Waals surface area contributed by atoms with Gasteiger partial charge >= 0.3 is 5.97 Å². The van der Waals surface area contributed by atoms with Crippen molar-refractivity contribution in [3.8, 4) is 0 Å². The Bertz CT molecular complexity index is 357. The highest BCUT2D eigenvalue weighted by atomic mass is 32.1. The van der Waals surface area contributed by atoms with Crippen LogP contribution in [0.5, 0.6) is 0 Å². The molecule has 3 N–H and O–H groups in total. The Kier molecular flexibility index (Phi) is 3.84. The van der Waals surface area contributed by atoms with Crippen molar-refractivity contribution in [2.24, 2.45) is 0 Å². The third kappa shape index (κ3) is 2.68. The van der Waals surface area contributed by atoms with Gasteiger partial charge in [-0.05, 0) is 19.3 Å². The topological polar surface area (TPSA) is 69.9 Å². The van der Waals surface area contributed by atoms with Crippen molar-refractivity contribution in [1.82, 2.24) is 15.3 Å².